The van der Waals surface area contributed by atoms with Crippen molar-refractivity contribution in [1.29, 1.82) is 0 Å². The molecule has 0 saturated heterocycles. The van der Waals surface area contributed by atoms with Crippen molar-refractivity contribution in [3.05, 3.63) is 98.3 Å². The molecule has 0 aliphatic carbocycles. The van der Waals surface area contributed by atoms with E-state index in [0.29, 0.717) is 25.2 Å². The molecule has 1 aromatic heterocycles. The molecule has 0 fully saturated rings. The minimum absolute atomic E-state index is 0.179. The highest BCUT2D eigenvalue weighted by Crippen LogP contribution is 2.33. The van der Waals surface area contributed by atoms with E-state index in [0.717, 1.165) is 10.5 Å². The van der Waals surface area contributed by atoms with Gasteiger partial charge in [-0.25, -0.2) is 4.79 Å². The van der Waals surface area contributed by atoms with E-state index in [1.165, 1.54) is 5.56 Å². The lowest BCUT2D eigenvalue weighted by atomic mass is 10.2. The van der Waals surface area contributed by atoms with Gasteiger partial charge in [-0.15, -0.1) is 11.8 Å². The summed E-state index contributed by atoms with van der Waals surface area (Å²) in [5, 5.41) is -0.179. The Bertz CT molecular complexity index is 1010. The minimum atomic E-state index is -0.400. The maximum Gasteiger partial charge on any atom is 0.329 e. The van der Waals surface area contributed by atoms with Gasteiger partial charge in [0, 0.05) is 29.7 Å². The fourth-order valence-corrected chi connectivity index (χ4v) is 3.87. The molecule has 5 nitrogen and oxygen atoms in total. The number of H-pyrrole nitrogens is 1. The van der Waals surface area contributed by atoms with Crippen LogP contribution in [0.1, 0.15) is 28.5 Å². The van der Waals surface area contributed by atoms with Gasteiger partial charge in [0.15, 0.2) is 0 Å². The summed E-state index contributed by atoms with van der Waals surface area (Å²) in [5.74, 6) is 0. The number of thioether (sulfide) groups is 1. The number of nitrogens with one attached hydrogen (secondary N) is 1. The molecule has 0 aliphatic rings. The number of benzene rings is 2. The van der Waals surface area contributed by atoms with Gasteiger partial charge in [-0.3, -0.25) is 14.3 Å². The predicted molar refractivity (Wildman–Crippen MR) is 113 cm³/mol. The summed E-state index contributed by atoms with van der Waals surface area (Å²) >= 11 is 1.59. The van der Waals surface area contributed by atoms with Gasteiger partial charge in [0.25, 0.3) is 5.56 Å². The van der Waals surface area contributed by atoms with Crippen molar-refractivity contribution in [2.24, 2.45) is 0 Å². The Morgan fingerprint density at radius 2 is 1.75 bits per heavy atom. The van der Waals surface area contributed by atoms with Crippen LogP contribution in [0.2, 0.25) is 0 Å². The number of aromatic amines is 1. The molecular formula is C22H24N2O3S. The van der Waals surface area contributed by atoms with Gasteiger partial charge >= 0.3 is 5.69 Å². The Morgan fingerprint density at radius 3 is 2.46 bits per heavy atom. The van der Waals surface area contributed by atoms with Crippen molar-refractivity contribution in [2.75, 3.05) is 6.61 Å². The summed E-state index contributed by atoms with van der Waals surface area (Å²) in [6.45, 7) is 4.78. The molecule has 1 N–H and O–H groups in total. The molecule has 1 atom stereocenters. The Morgan fingerprint density at radius 1 is 1.04 bits per heavy atom. The summed E-state index contributed by atoms with van der Waals surface area (Å²) in [5.41, 5.74) is 2.06. The first kappa shape index (κ1) is 20.2. The topological polar surface area (TPSA) is 64.1 Å². The van der Waals surface area contributed by atoms with Gasteiger partial charge in [-0.1, -0.05) is 48.0 Å². The van der Waals surface area contributed by atoms with Crippen molar-refractivity contribution in [3.63, 3.8) is 0 Å². The standard InChI is InChI=1S/C22H24N2O3S/c1-16-8-10-19(11-9-16)28-20(24-14-17(2)21(25)23-22(24)26)12-13-27-15-18-6-4-3-5-7-18/h3-11,14,20H,12-13,15H2,1-2H3,(H,23,25,26). The van der Waals surface area contributed by atoms with Crippen molar-refractivity contribution >= 4 is 11.8 Å². The van der Waals surface area contributed by atoms with E-state index in [1.54, 1.807) is 29.4 Å². The predicted octanol–water partition coefficient (Wildman–Crippen LogP) is 4.05. The molecule has 0 saturated carbocycles. The molecule has 28 heavy (non-hydrogen) atoms. The third-order valence-electron chi connectivity index (χ3n) is 4.37. The van der Waals surface area contributed by atoms with Gasteiger partial charge < -0.3 is 4.74 Å². The smallest absolute Gasteiger partial charge is 0.329 e. The number of aromatic nitrogens is 2. The summed E-state index contributed by atoms with van der Waals surface area (Å²) in [7, 11) is 0. The van der Waals surface area contributed by atoms with Gasteiger partial charge in [0.1, 0.15) is 0 Å². The highest BCUT2D eigenvalue weighted by molar-refractivity contribution is 7.99. The summed E-state index contributed by atoms with van der Waals surface area (Å²) < 4.78 is 7.41. The average Bonchev–Trinajstić information content (AvgIpc) is 2.69. The maximum absolute atomic E-state index is 12.4. The Balaban J connectivity index is 1.74. The van der Waals surface area contributed by atoms with Crippen molar-refractivity contribution in [3.8, 4) is 0 Å². The van der Waals surface area contributed by atoms with Crippen molar-refractivity contribution < 1.29 is 4.74 Å². The van der Waals surface area contributed by atoms with Crippen LogP contribution < -0.4 is 11.2 Å². The second-order valence-corrected chi connectivity index (χ2v) is 7.94. The molecule has 3 rings (SSSR count). The van der Waals surface area contributed by atoms with Crippen LogP contribution in [0.15, 0.2) is 75.3 Å². The van der Waals surface area contributed by atoms with Crippen LogP contribution in [0.4, 0.5) is 0 Å². The zero-order valence-corrected chi connectivity index (χ0v) is 16.9. The molecule has 3 aromatic rings. The van der Waals surface area contributed by atoms with E-state index >= 15 is 0 Å². The quantitative estimate of drug-likeness (QED) is 0.461. The monoisotopic (exact) mass is 396 g/mol. The van der Waals surface area contributed by atoms with Crippen molar-refractivity contribution in [1.82, 2.24) is 9.55 Å². The fraction of sp³-hybridized carbons (Fsp3) is 0.273. The number of hydrogen-bond acceptors (Lipinski definition) is 4. The van der Waals surface area contributed by atoms with E-state index < -0.39 is 5.69 Å². The number of rotatable bonds is 8. The highest BCUT2D eigenvalue weighted by Gasteiger charge is 2.16. The molecule has 1 heterocycles. The molecule has 1 unspecified atom stereocenters. The third-order valence-corrected chi connectivity index (χ3v) is 5.65. The zero-order chi connectivity index (χ0) is 19.9. The lowest BCUT2D eigenvalue weighted by Crippen LogP contribution is -2.32. The third kappa shape index (κ3) is 5.47. The molecular weight excluding hydrogens is 372 g/mol. The molecule has 0 aliphatic heterocycles. The SMILES string of the molecule is Cc1ccc(SC(CCOCc2ccccc2)n2cc(C)c(=O)[nH]c2=O)cc1. The lowest BCUT2D eigenvalue weighted by Gasteiger charge is -2.20. The normalized spacial score (nSPS) is 12.1. The maximum atomic E-state index is 12.4. The molecule has 0 bridgehead atoms. The largest absolute Gasteiger partial charge is 0.377 e. The Kier molecular flexibility index (Phi) is 6.90. The Hall–Kier alpha value is -2.57. The molecule has 0 spiro atoms. The van der Waals surface area contributed by atoms with E-state index in [4.69, 9.17) is 4.74 Å². The second kappa shape index (κ2) is 9.57. The van der Waals surface area contributed by atoms with Gasteiger partial charge in [-0.05, 0) is 31.5 Å². The van der Waals surface area contributed by atoms with E-state index in [9.17, 15) is 9.59 Å². The van der Waals surface area contributed by atoms with Crippen LogP contribution in [0, 0.1) is 13.8 Å². The summed E-state index contributed by atoms with van der Waals surface area (Å²) in [4.78, 5) is 27.6. The second-order valence-electron chi connectivity index (χ2n) is 6.69. The van der Waals surface area contributed by atoms with Crippen LogP contribution in [-0.2, 0) is 11.3 Å². The zero-order valence-electron chi connectivity index (χ0n) is 16.1. The summed E-state index contributed by atoms with van der Waals surface area (Å²) in [6.07, 6.45) is 2.26. The number of ether oxygens (including phenoxy) is 1. The molecule has 0 amide bonds. The van der Waals surface area contributed by atoms with E-state index in [1.807, 2.05) is 61.5 Å². The number of aryl methyl sites for hydroxylation is 2. The van der Waals surface area contributed by atoms with Gasteiger partial charge in [-0.2, -0.15) is 0 Å². The van der Waals surface area contributed by atoms with Crippen LogP contribution in [0.25, 0.3) is 0 Å². The van der Waals surface area contributed by atoms with Gasteiger partial charge in [0.2, 0.25) is 0 Å². The number of nitrogens with zero attached hydrogens (tertiary/aromatic N) is 1. The molecule has 146 valence electrons. The molecule has 2 aromatic carbocycles. The van der Waals surface area contributed by atoms with Crippen LogP contribution in [-0.4, -0.2) is 16.2 Å². The van der Waals surface area contributed by atoms with Crippen molar-refractivity contribution in [2.45, 2.75) is 37.1 Å². The number of hydrogen-bond donors (Lipinski definition) is 1. The molecule has 6 heteroatoms. The first-order valence-corrected chi connectivity index (χ1v) is 10.1. The highest BCUT2D eigenvalue weighted by atomic mass is 32.2. The van der Waals surface area contributed by atoms with Gasteiger partial charge in [0.05, 0.1) is 12.0 Å². The average molecular weight is 397 g/mol. The van der Waals surface area contributed by atoms with E-state index in [-0.39, 0.29) is 10.9 Å². The first-order valence-electron chi connectivity index (χ1n) is 9.20. The first-order chi connectivity index (χ1) is 13.5. The fourth-order valence-electron chi connectivity index (χ4n) is 2.78. The Labute approximate surface area is 168 Å². The van der Waals surface area contributed by atoms with E-state index in [2.05, 4.69) is 4.98 Å². The lowest BCUT2D eigenvalue weighted by molar-refractivity contribution is 0.114. The van der Waals surface area contributed by atoms with Crippen LogP contribution in [0.5, 0.6) is 0 Å². The molecule has 0 radical (unpaired) electrons. The van der Waals surface area contributed by atoms with Crippen LogP contribution >= 0.6 is 11.8 Å². The summed E-state index contributed by atoms with van der Waals surface area (Å²) in [6, 6.07) is 18.2. The minimum Gasteiger partial charge on any atom is -0.377 e. The van der Waals surface area contributed by atoms with Crippen LogP contribution in [0.3, 0.4) is 0 Å².